The molecule has 1 aromatic rings. The minimum Gasteiger partial charge on any atom is -0.379 e. The summed E-state index contributed by atoms with van der Waals surface area (Å²) in [6, 6.07) is -0.494. The van der Waals surface area contributed by atoms with Crippen molar-refractivity contribution in [1.82, 2.24) is 15.7 Å². The molecule has 0 radical (unpaired) electrons. The van der Waals surface area contributed by atoms with Crippen LogP contribution in [-0.4, -0.2) is 54.5 Å². The number of amides is 3. The van der Waals surface area contributed by atoms with Crippen LogP contribution in [0.15, 0.2) is 24.8 Å². The number of halogens is 3. The lowest BCUT2D eigenvalue weighted by Crippen LogP contribution is -2.53. The number of hydrogen-bond acceptors (Lipinski definition) is 5. The van der Waals surface area contributed by atoms with Crippen LogP contribution < -0.4 is 10.8 Å². The van der Waals surface area contributed by atoms with E-state index in [1.54, 1.807) is 6.92 Å². The van der Waals surface area contributed by atoms with Gasteiger partial charge in [-0.1, -0.05) is 6.08 Å². The first-order chi connectivity index (χ1) is 15.2. The molecule has 3 amide bonds. The first-order valence-electron chi connectivity index (χ1n) is 9.95. The monoisotopic (exact) mass is 457 g/mol. The molecule has 0 bridgehead atoms. The maximum atomic E-state index is 14.0. The van der Waals surface area contributed by atoms with E-state index in [4.69, 9.17) is 9.57 Å². The van der Waals surface area contributed by atoms with Crippen LogP contribution in [0.3, 0.4) is 0 Å². The highest BCUT2D eigenvalue weighted by Gasteiger charge is 2.35. The van der Waals surface area contributed by atoms with Crippen LogP contribution in [-0.2, 0) is 30.5 Å². The van der Waals surface area contributed by atoms with Gasteiger partial charge in [0, 0.05) is 44.2 Å². The van der Waals surface area contributed by atoms with Crippen LogP contribution in [0, 0.1) is 17.5 Å². The fourth-order valence-corrected chi connectivity index (χ4v) is 3.34. The van der Waals surface area contributed by atoms with Crippen molar-refractivity contribution in [3.8, 4) is 0 Å². The average Bonchev–Trinajstić information content (AvgIpc) is 3.08. The predicted octanol–water partition coefficient (Wildman–Crippen LogP) is 1.74. The van der Waals surface area contributed by atoms with Crippen molar-refractivity contribution in [3.63, 3.8) is 0 Å². The maximum absolute atomic E-state index is 14.0. The van der Waals surface area contributed by atoms with Gasteiger partial charge >= 0.3 is 0 Å². The number of methoxy groups -OCH3 is 1. The van der Waals surface area contributed by atoms with Gasteiger partial charge in [0.15, 0.2) is 11.6 Å². The summed E-state index contributed by atoms with van der Waals surface area (Å²) in [5, 5.41) is 2.54. The fourth-order valence-electron chi connectivity index (χ4n) is 3.34. The number of benzene rings is 1. The van der Waals surface area contributed by atoms with Gasteiger partial charge in [-0.15, -0.1) is 6.58 Å². The minimum atomic E-state index is -1.36. The molecule has 1 heterocycles. The van der Waals surface area contributed by atoms with E-state index < -0.39 is 47.5 Å². The summed E-state index contributed by atoms with van der Waals surface area (Å²) in [6.45, 7) is 4.70. The molecule has 2 N–H and O–H groups in total. The third kappa shape index (κ3) is 6.54. The summed E-state index contributed by atoms with van der Waals surface area (Å²) < 4.78 is 46.2. The van der Waals surface area contributed by atoms with Crippen LogP contribution in [0.1, 0.15) is 31.7 Å². The molecule has 0 aromatic heterocycles. The molecule has 2 rings (SSSR count). The molecule has 1 aliphatic rings. The molecular weight excluding hydrogens is 431 g/mol. The Morgan fingerprint density at radius 3 is 2.72 bits per heavy atom. The van der Waals surface area contributed by atoms with Crippen molar-refractivity contribution >= 4 is 17.7 Å². The van der Waals surface area contributed by atoms with Gasteiger partial charge in [-0.25, -0.2) is 18.7 Å². The fraction of sp³-hybridized carbons (Fsp3) is 0.476. The molecule has 11 heteroatoms. The topological polar surface area (TPSA) is 97.0 Å². The number of hydrogen-bond donors (Lipinski definition) is 2. The SMILES string of the molecule is C=CCONC(=O)[C@@H](NC(=O)C[C@@H]1CCC(=O)N1Cc1cc(F)cc(F)c1F)[C@@H](C)OC. The van der Waals surface area contributed by atoms with E-state index in [1.165, 1.54) is 18.1 Å². The average molecular weight is 457 g/mol. The highest BCUT2D eigenvalue weighted by molar-refractivity contribution is 5.88. The zero-order valence-electron chi connectivity index (χ0n) is 17.8. The molecule has 0 unspecified atom stereocenters. The number of carbonyl (C=O) groups excluding carboxylic acids is 3. The van der Waals surface area contributed by atoms with Crippen molar-refractivity contribution in [2.24, 2.45) is 0 Å². The second-order valence-electron chi connectivity index (χ2n) is 7.33. The van der Waals surface area contributed by atoms with Gasteiger partial charge in [-0.3, -0.25) is 19.2 Å². The van der Waals surface area contributed by atoms with Crippen molar-refractivity contribution in [1.29, 1.82) is 0 Å². The van der Waals surface area contributed by atoms with Gasteiger partial charge in [-0.05, 0) is 19.4 Å². The summed E-state index contributed by atoms with van der Waals surface area (Å²) in [5.74, 6) is -5.16. The molecular formula is C21H26F3N3O5. The summed E-state index contributed by atoms with van der Waals surface area (Å²) in [5.41, 5.74) is 1.85. The summed E-state index contributed by atoms with van der Waals surface area (Å²) >= 11 is 0. The van der Waals surface area contributed by atoms with Crippen molar-refractivity contribution in [2.45, 2.75) is 50.9 Å². The minimum absolute atomic E-state index is 0.0597. The molecule has 1 fully saturated rings. The second kappa shape index (κ2) is 11.6. The van der Waals surface area contributed by atoms with Crippen LogP contribution in [0.4, 0.5) is 13.2 Å². The number of rotatable bonds is 11. The zero-order chi connectivity index (χ0) is 23.8. The van der Waals surface area contributed by atoms with Crippen LogP contribution in [0.2, 0.25) is 0 Å². The van der Waals surface area contributed by atoms with Gasteiger partial charge in [0.05, 0.1) is 12.7 Å². The van der Waals surface area contributed by atoms with E-state index in [1.807, 2.05) is 0 Å². The number of likely N-dealkylation sites (tertiary alicyclic amines) is 1. The molecule has 1 aliphatic heterocycles. The van der Waals surface area contributed by atoms with Gasteiger partial charge < -0.3 is 15.0 Å². The molecule has 1 aromatic carbocycles. The Bertz CT molecular complexity index is 867. The molecule has 1 saturated heterocycles. The van der Waals surface area contributed by atoms with Crippen molar-refractivity contribution in [3.05, 3.63) is 47.8 Å². The summed E-state index contributed by atoms with van der Waals surface area (Å²) in [4.78, 5) is 43.3. The molecule has 32 heavy (non-hydrogen) atoms. The van der Waals surface area contributed by atoms with Gasteiger partial charge in [0.25, 0.3) is 5.91 Å². The standard InChI is InChI=1S/C21H26F3N3O5/c1-4-7-32-26-21(30)20(12(2)31-3)25-17(28)10-15-5-6-18(29)27(15)11-13-8-14(22)9-16(23)19(13)24/h4,8-9,12,15,20H,1,5-7,10-11H2,2-3H3,(H,25,28)(H,26,30)/t12-,15+,20+/m1/s1. The largest absolute Gasteiger partial charge is 0.379 e. The molecule has 8 nitrogen and oxygen atoms in total. The van der Waals surface area contributed by atoms with Gasteiger partial charge in [0.1, 0.15) is 11.9 Å². The van der Waals surface area contributed by atoms with E-state index in [-0.39, 0.29) is 37.5 Å². The number of ether oxygens (including phenoxy) is 1. The molecule has 0 aliphatic carbocycles. The van der Waals surface area contributed by atoms with Crippen LogP contribution in [0.25, 0.3) is 0 Å². The van der Waals surface area contributed by atoms with Gasteiger partial charge in [0.2, 0.25) is 11.8 Å². The third-order valence-corrected chi connectivity index (χ3v) is 5.10. The Kier molecular flexibility index (Phi) is 9.21. The molecule has 176 valence electrons. The predicted molar refractivity (Wildman–Crippen MR) is 107 cm³/mol. The third-order valence-electron chi connectivity index (χ3n) is 5.10. The Morgan fingerprint density at radius 1 is 1.34 bits per heavy atom. The van der Waals surface area contributed by atoms with Crippen molar-refractivity contribution in [2.75, 3.05) is 13.7 Å². The zero-order valence-corrected chi connectivity index (χ0v) is 17.8. The number of carbonyl (C=O) groups is 3. The lowest BCUT2D eigenvalue weighted by atomic mass is 10.1. The highest BCUT2D eigenvalue weighted by atomic mass is 19.2. The van der Waals surface area contributed by atoms with Gasteiger partial charge in [-0.2, -0.15) is 0 Å². The molecule has 3 atom stereocenters. The first-order valence-corrected chi connectivity index (χ1v) is 9.95. The Morgan fingerprint density at radius 2 is 2.06 bits per heavy atom. The Balaban J connectivity index is 2.07. The Labute approximate surface area is 183 Å². The lowest BCUT2D eigenvalue weighted by molar-refractivity contribution is -0.141. The summed E-state index contributed by atoms with van der Waals surface area (Å²) in [6.07, 6.45) is 0.929. The van der Waals surface area contributed by atoms with E-state index in [0.29, 0.717) is 12.5 Å². The number of nitrogens with one attached hydrogen (secondary N) is 2. The molecule has 0 spiro atoms. The van der Waals surface area contributed by atoms with E-state index in [9.17, 15) is 27.6 Å². The van der Waals surface area contributed by atoms with E-state index >= 15 is 0 Å². The summed E-state index contributed by atoms with van der Waals surface area (Å²) in [7, 11) is 1.37. The normalized spacial score (nSPS) is 17.7. The lowest BCUT2D eigenvalue weighted by Gasteiger charge is -2.27. The van der Waals surface area contributed by atoms with Crippen LogP contribution >= 0.6 is 0 Å². The van der Waals surface area contributed by atoms with E-state index in [2.05, 4.69) is 17.4 Å². The smallest absolute Gasteiger partial charge is 0.268 e. The maximum Gasteiger partial charge on any atom is 0.268 e. The Hall–Kier alpha value is -2.92. The molecule has 0 saturated carbocycles. The first kappa shape index (κ1) is 25.3. The second-order valence-corrected chi connectivity index (χ2v) is 7.33. The number of hydroxylamine groups is 1. The van der Waals surface area contributed by atoms with E-state index in [0.717, 1.165) is 6.07 Å². The number of nitrogens with zero attached hydrogens (tertiary/aromatic N) is 1. The van der Waals surface area contributed by atoms with Crippen LogP contribution in [0.5, 0.6) is 0 Å². The quantitative estimate of drug-likeness (QED) is 0.228. The van der Waals surface area contributed by atoms with Crippen molar-refractivity contribution < 1.29 is 37.1 Å². The highest BCUT2D eigenvalue weighted by Crippen LogP contribution is 2.26.